The van der Waals surface area contributed by atoms with Gasteiger partial charge < -0.3 is 10.1 Å². The van der Waals surface area contributed by atoms with E-state index in [1.807, 2.05) is 0 Å². The summed E-state index contributed by atoms with van der Waals surface area (Å²) < 4.78 is 17.4. The van der Waals surface area contributed by atoms with Gasteiger partial charge in [0.2, 0.25) is 0 Å². The van der Waals surface area contributed by atoms with Crippen LogP contribution in [0.25, 0.3) is 0 Å². The smallest absolute Gasteiger partial charge is 0.343 e. The van der Waals surface area contributed by atoms with Crippen molar-refractivity contribution in [2.75, 3.05) is 12.4 Å². The second-order valence-corrected chi connectivity index (χ2v) is 3.76. The number of halogens is 1. The number of methoxy groups -OCH3 is 1. The summed E-state index contributed by atoms with van der Waals surface area (Å²) in [6.07, 6.45) is 2.71. The molecule has 0 amide bonds. The first-order valence-electron chi connectivity index (χ1n) is 5.57. The zero-order valence-corrected chi connectivity index (χ0v) is 10.3. The zero-order chi connectivity index (χ0) is 13.7. The number of anilines is 1. The monoisotopic (exact) mass is 261 g/mol. The molecule has 5 nitrogen and oxygen atoms in total. The van der Waals surface area contributed by atoms with E-state index in [9.17, 15) is 9.18 Å². The molecule has 0 bridgehead atoms. The number of hydrogen-bond donors (Lipinski definition) is 1. The molecule has 1 N–H and O–H groups in total. The number of nitrogens with zero attached hydrogens (tertiary/aromatic N) is 2. The Hall–Kier alpha value is -2.50. The quantitative estimate of drug-likeness (QED) is 0.853. The van der Waals surface area contributed by atoms with Gasteiger partial charge in [-0.15, -0.1) is 0 Å². The Morgan fingerprint density at radius 2 is 2.11 bits per heavy atom. The predicted molar refractivity (Wildman–Crippen MR) is 67.1 cm³/mol. The first-order valence-corrected chi connectivity index (χ1v) is 5.57. The standard InChI is InChI=1S/C13H12FN3O2/c1-19-13(18)11-7-15-8-17-12(11)16-6-9-2-4-10(14)5-3-9/h2-5,7-8H,6H2,1H3,(H,15,16,17). The molecule has 2 rings (SSSR count). The average Bonchev–Trinajstić information content (AvgIpc) is 2.46. The molecule has 1 heterocycles. The van der Waals surface area contributed by atoms with E-state index in [2.05, 4.69) is 20.0 Å². The van der Waals surface area contributed by atoms with Crippen molar-refractivity contribution in [1.82, 2.24) is 9.97 Å². The molecule has 0 spiro atoms. The van der Waals surface area contributed by atoms with Gasteiger partial charge in [0.05, 0.1) is 7.11 Å². The van der Waals surface area contributed by atoms with Crippen LogP contribution in [-0.2, 0) is 11.3 Å². The summed E-state index contributed by atoms with van der Waals surface area (Å²) in [4.78, 5) is 19.3. The number of carbonyl (C=O) groups excluding carboxylic acids is 1. The van der Waals surface area contributed by atoms with Crippen molar-refractivity contribution in [3.05, 3.63) is 53.7 Å². The van der Waals surface area contributed by atoms with Gasteiger partial charge >= 0.3 is 5.97 Å². The number of ether oxygens (including phenoxy) is 1. The summed E-state index contributed by atoms with van der Waals surface area (Å²) in [5.41, 5.74) is 1.13. The van der Waals surface area contributed by atoms with Gasteiger partial charge in [-0.3, -0.25) is 0 Å². The fraction of sp³-hybridized carbons (Fsp3) is 0.154. The van der Waals surface area contributed by atoms with E-state index in [4.69, 9.17) is 0 Å². The lowest BCUT2D eigenvalue weighted by molar-refractivity contribution is 0.0601. The molecule has 1 aromatic heterocycles. The van der Waals surface area contributed by atoms with Crippen molar-refractivity contribution in [2.24, 2.45) is 0 Å². The fourth-order valence-corrected chi connectivity index (χ4v) is 1.52. The highest BCUT2D eigenvalue weighted by Gasteiger charge is 2.12. The molecule has 0 aliphatic carbocycles. The molecule has 0 saturated carbocycles. The SMILES string of the molecule is COC(=O)c1cncnc1NCc1ccc(F)cc1. The van der Waals surface area contributed by atoms with Crippen molar-refractivity contribution in [3.63, 3.8) is 0 Å². The van der Waals surface area contributed by atoms with Crippen molar-refractivity contribution >= 4 is 11.8 Å². The number of aromatic nitrogens is 2. The molecule has 0 fully saturated rings. The molecule has 1 aromatic carbocycles. The first kappa shape index (κ1) is 12.9. The molecule has 0 unspecified atom stereocenters. The first-order chi connectivity index (χ1) is 9.20. The molecule has 6 heteroatoms. The van der Waals surface area contributed by atoms with Gasteiger partial charge in [-0.2, -0.15) is 0 Å². The third-order valence-electron chi connectivity index (χ3n) is 2.49. The van der Waals surface area contributed by atoms with Crippen molar-refractivity contribution in [1.29, 1.82) is 0 Å². The average molecular weight is 261 g/mol. The summed E-state index contributed by atoms with van der Waals surface area (Å²) in [6.45, 7) is 0.418. The predicted octanol–water partition coefficient (Wildman–Crippen LogP) is 2.01. The van der Waals surface area contributed by atoms with E-state index in [-0.39, 0.29) is 11.4 Å². The molecule has 0 atom stereocenters. The van der Waals surface area contributed by atoms with E-state index in [1.54, 1.807) is 12.1 Å². The molecule has 19 heavy (non-hydrogen) atoms. The number of esters is 1. The van der Waals surface area contributed by atoms with E-state index < -0.39 is 5.97 Å². The Morgan fingerprint density at radius 1 is 1.37 bits per heavy atom. The minimum absolute atomic E-state index is 0.257. The maximum atomic E-state index is 12.8. The van der Waals surface area contributed by atoms with Crippen LogP contribution in [0.3, 0.4) is 0 Å². The second kappa shape index (κ2) is 5.90. The van der Waals surface area contributed by atoms with Crippen LogP contribution in [0, 0.1) is 5.82 Å². The Kier molecular flexibility index (Phi) is 4.02. The third-order valence-corrected chi connectivity index (χ3v) is 2.49. The van der Waals surface area contributed by atoms with Crippen LogP contribution in [0.1, 0.15) is 15.9 Å². The molecule has 0 saturated heterocycles. The van der Waals surface area contributed by atoms with Crippen LogP contribution in [0.15, 0.2) is 36.8 Å². The van der Waals surface area contributed by atoms with Crippen molar-refractivity contribution in [3.8, 4) is 0 Å². The van der Waals surface area contributed by atoms with Crippen molar-refractivity contribution in [2.45, 2.75) is 6.54 Å². The number of rotatable bonds is 4. The largest absolute Gasteiger partial charge is 0.465 e. The summed E-state index contributed by atoms with van der Waals surface area (Å²) in [5.74, 6) is -0.422. The number of nitrogens with one attached hydrogen (secondary N) is 1. The number of benzene rings is 1. The van der Waals surface area contributed by atoms with E-state index in [0.29, 0.717) is 12.4 Å². The summed E-state index contributed by atoms with van der Waals surface area (Å²) in [7, 11) is 1.29. The Balaban J connectivity index is 2.11. The molecular formula is C13H12FN3O2. The molecule has 2 aromatic rings. The minimum Gasteiger partial charge on any atom is -0.465 e. The van der Waals surface area contributed by atoms with Gasteiger partial charge in [0.15, 0.2) is 0 Å². The molecule has 0 aliphatic rings. The minimum atomic E-state index is -0.512. The van der Waals surface area contributed by atoms with Crippen LogP contribution in [-0.4, -0.2) is 23.0 Å². The fourth-order valence-electron chi connectivity index (χ4n) is 1.52. The number of carbonyl (C=O) groups is 1. The topological polar surface area (TPSA) is 64.1 Å². The van der Waals surface area contributed by atoms with Gasteiger partial charge in [-0.05, 0) is 17.7 Å². The molecule has 0 radical (unpaired) electrons. The van der Waals surface area contributed by atoms with Crippen LogP contribution >= 0.6 is 0 Å². The van der Waals surface area contributed by atoms with Gasteiger partial charge in [0.1, 0.15) is 23.5 Å². The maximum Gasteiger partial charge on any atom is 0.343 e. The van der Waals surface area contributed by atoms with Crippen LogP contribution in [0.5, 0.6) is 0 Å². The van der Waals surface area contributed by atoms with Crippen LogP contribution in [0.2, 0.25) is 0 Å². The summed E-state index contributed by atoms with van der Waals surface area (Å²) in [6, 6.07) is 6.05. The van der Waals surface area contributed by atoms with Gasteiger partial charge in [0.25, 0.3) is 0 Å². The Morgan fingerprint density at radius 3 is 2.79 bits per heavy atom. The lowest BCUT2D eigenvalue weighted by atomic mass is 10.2. The Labute approximate surface area is 109 Å². The summed E-state index contributed by atoms with van der Waals surface area (Å²) in [5, 5.41) is 2.99. The van der Waals surface area contributed by atoms with Crippen LogP contribution in [0.4, 0.5) is 10.2 Å². The molecular weight excluding hydrogens is 249 g/mol. The lowest BCUT2D eigenvalue weighted by Gasteiger charge is -2.08. The van der Waals surface area contributed by atoms with E-state index >= 15 is 0 Å². The maximum absolute atomic E-state index is 12.8. The zero-order valence-electron chi connectivity index (χ0n) is 10.3. The lowest BCUT2D eigenvalue weighted by Crippen LogP contribution is -2.10. The highest BCUT2D eigenvalue weighted by molar-refractivity contribution is 5.94. The normalized spacial score (nSPS) is 10.0. The second-order valence-electron chi connectivity index (χ2n) is 3.76. The summed E-state index contributed by atoms with van der Waals surface area (Å²) >= 11 is 0. The van der Waals surface area contributed by atoms with Gasteiger partial charge in [-0.25, -0.2) is 19.2 Å². The number of hydrogen-bond acceptors (Lipinski definition) is 5. The van der Waals surface area contributed by atoms with Crippen LogP contribution < -0.4 is 5.32 Å². The van der Waals surface area contributed by atoms with Crippen molar-refractivity contribution < 1.29 is 13.9 Å². The highest BCUT2D eigenvalue weighted by atomic mass is 19.1. The van der Waals surface area contributed by atoms with Gasteiger partial charge in [0, 0.05) is 12.7 Å². The third kappa shape index (κ3) is 3.25. The molecule has 0 aliphatic heterocycles. The van der Waals surface area contributed by atoms with E-state index in [1.165, 1.54) is 31.8 Å². The van der Waals surface area contributed by atoms with Gasteiger partial charge in [-0.1, -0.05) is 12.1 Å². The highest BCUT2D eigenvalue weighted by Crippen LogP contribution is 2.13. The Bertz CT molecular complexity index is 572. The van der Waals surface area contributed by atoms with E-state index in [0.717, 1.165) is 5.56 Å². The molecule has 98 valence electrons.